The van der Waals surface area contributed by atoms with E-state index in [-0.39, 0.29) is 0 Å². The Bertz CT molecular complexity index is 2120. The van der Waals surface area contributed by atoms with Gasteiger partial charge in [-0.15, -0.1) is 0 Å². The molecule has 176 valence electrons. The molecule has 8 aromatic rings. The Morgan fingerprint density at radius 1 is 0.703 bits per heavy atom. The van der Waals surface area contributed by atoms with Gasteiger partial charge in [0.2, 0.25) is 0 Å². The molecule has 4 aromatic heterocycles. The number of rotatable bonds is 2. The fraction of sp³-hybridized carbons (Fsp3) is 0.0606. The number of hydrogen-bond acceptors (Lipinski definition) is 1. The van der Waals surface area contributed by atoms with Crippen molar-refractivity contribution in [3.05, 3.63) is 109 Å². The molecule has 4 heteroatoms. The molecule has 0 saturated carbocycles. The predicted molar refractivity (Wildman–Crippen MR) is 159 cm³/mol. The zero-order valence-electron chi connectivity index (χ0n) is 20.5. The summed E-state index contributed by atoms with van der Waals surface area (Å²) in [6.45, 7) is 2.31. The third-order valence-corrected chi connectivity index (χ3v) is 11.5. The van der Waals surface area contributed by atoms with Gasteiger partial charge < -0.3 is 0 Å². The van der Waals surface area contributed by atoms with Gasteiger partial charge in [0, 0.05) is 0 Å². The van der Waals surface area contributed by atoms with Gasteiger partial charge in [0.05, 0.1) is 0 Å². The van der Waals surface area contributed by atoms with Crippen LogP contribution in [0.4, 0.5) is 0 Å². The van der Waals surface area contributed by atoms with Gasteiger partial charge in [-0.1, -0.05) is 0 Å². The average Bonchev–Trinajstić information content (AvgIpc) is 3.58. The predicted octanol–water partition coefficient (Wildman–Crippen LogP) is 8.16. The van der Waals surface area contributed by atoms with E-state index in [9.17, 15) is 0 Å². The van der Waals surface area contributed by atoms with Gasteiger partial charge in [-0.25, -0.2) is 0 Å². The summed E-state index contributed by atoms with van der Waals surface area (Å²) >= 11 is 2.20. The fourth-order valence-corrected chi connectivity index (χ4v) is 9.73. The molecule has 4 aromatic carbocycles. The molecule has 0 bridgehead atoms. The molecule has 0 atom stereocenters. The molecule has 0 fully saturated rings. The number of benzene rings is 4. The maximum absolute atomic E-state index is 2.43. The number of fused-ring (bicyclic) bond motifs is 7. The number of pyridine rings is 1. The van der Waals surface area contributed by atoms with E-state index in [1.165, 1.54) is 73.0 Å². The van der Waals surface area contributed by atoms with Crippen molar-refractivity contribution in [1.82, 2.24) is 4.57 Å². The van der Waals surface area contributed by atoms with E-state index in [1.807, 2.05) is 11.3 Å². The van der Waals surface area contributed by atoms with Gasteiger partial charge in [0.25, 0.3) is 0 Å². The molecule has 0 unspecified atom stereocenters. The van der Waals surface area contributed by atoms with Crippen LogP contribution in [0.1, 0.15) is 5.56 Å². The van der Waals surface area contributed by atoms with Gasteiger partial charge in [0.15, 0.2) is 0 Å². The van der Waals surface area contributed by atoms with Crippen LogP contribution in [0, 0.1) is 6.92 Å². The monoisotopic (exact) mass is 559 g/mol. The van der Waals surface area contributed by atoms with Crippen molar-refractivity contribution in [2.45, 2.75) is 6.92 Å². The second kappa shape index (κ2) is 7.90. The van der Waals surface area contributed by atoms with Crippen molar-refractivity contribution in [3.63, 3.8) is 0 Å². The van der Waals surface area contributed by atoms with Crippen LogP contribution in [0.25, 0.3) is 67.4 Å². The summed E-state index contributed by atoms with van der Waals surface area (Å²) in [5.41, 5.74) is 6.52. The van der Waals surface area contributed by atoms with Crippen molar-refractivity contribution in [1.29, 1.82) is 0 Å². The van der Waals surface area contributed by atoms with E-state index in [1.54, 1.807) is 0 Å². The first-order valence-corrected chi connectivity index (χ1v) is 15.0. The normalized spacial score (nSPS) is 12.1. The summed E-state index contributed by atoms with van der Waals surface area (Å²) < 4.78 is 10.5. The van der Waals surface area contributed by atoms with Gasteiger partial charge in [-0.05, 0) is 0 Å². The first-order valence-electron chi connectivity index (χ1n) is 12.5. The van der Waals surface area contributed by atoms with Crippen LogP contribution in [-0.4, -0.2) is 19.1 Å². The molecule has 37 heavy (non-hydrogen) atoms. The number of aromatic nitrogens is 2. The SMILES string of the molecule is Cc1c(-c2c3c(cc[n+]2C)sc2ccc(-n4c5ccccc5c5ccccc54)cc23)[se]c2ccccc12. The quantitative estimate of drug-likeness (QED) is 0.150. The summed E-state index contributed by atoms with van der Waals surface area (Å²) in [6.07, 6.45) is 2.24. The summed E-state index contributed by atoms with van der Waals surface area (Å²) in [4.78, 5) is 0. The standard InChI is InChI=1S/C33H23N2SSe/c1-20-22-9-5-8-14-30(22)37-33(20)32-31-25-19-21(15-16-28(25)36-29(31)17-18-34(32)2)35-26-12-6-3-10-23(26)24-11-4-7-13-27(24)35/h3-19H,1-2H3/q+1. The third-order valence-electron chi connectivity index (χ3n) is 7.63. The summed E-state index contributed by atoms with van der Waals surface area (Å²) in [6, 6.07) is 35.7. The van der Waals surface area contributed by atoms with Crippen molar-refractivity contribution in [2.75, 3.05) is 0 Å². The second-order valence-corrected chi connectivity index (χ2v) is 13.0. The molecule has 0 amide bonds. The first kappa shape index (κ1) is 21.4. The minimum absolute atomic E-state index is 0.297. The van der Waals surface area contributed by atoms with E-state index < -0.39 is 0 Å². The Balaban J connectivity index is 1.47. The van der Waals surface area contributed by atoms with Gasteiger partial charge in [0.1, 0.15) is 0 Å². The molecule has 0 aliphatic heterocycles. The third kappa shape index (κ3) is 3.01. The zero-order valence-corrected chi connectivity index (χ0v) is 23.1. The fourth-order valence-electron chi connectivity index (χ4n) is 5.91. The molecule has 0 saturated heterocycles. The van der Waals surface area contributed by atoms with Crippen molar-refractivity contribution in [2.24, 2.45) is 7.05 Å². The van der Waals surface area contributed by atoms with E-state index in [2.05, 4.69) is 126 Å². The molecule has 8 rings (SSSR count). The van der Waals surface area contributed by atoms with Crippen molar-refractivity contribution in [3.8, 4) is 15.8 Å². The number of thiophene rings is 1. The van der Waals surface area contributed by atoms with E-state index >= 15 is 0 Å². The molecule has 0 N–H and O–H groups in total. The Hall–Kier alpha value is -3.69. The summed E-state index contributed by atoms with van der Waals surface area (Å²) in [5.74, 6) is 0. The van der Waals surface area contributed by atoms with Crippen LogP contribution < -0.4 is 4.57 Å². The minimum atomic E-state index is 0.297. The van der Waals surface area contributed by atoms with Crippen molar-refractivity contribution >= 4 is 77.5 Å². The van der Waals surface area contributed by atoms with Crippen LogP contribution in [0.3, 0.4) is 0 Å². The van der Waals surface area contributed by atoms with Crippen LogP contribution in [-0.2, 0) is 7.05 Å². The molecule has 0 aliphatic carbocycles. The first-order chi connectivity index (χ1) is 18.2. The summed E-state index contributed by atoms with van der Waals surface area (Å²) in [7, 11) is 2.20. The molecule has 0 spiro atoms. The Kier molecular flexibility index (Phi) is 4.57. The van der Waals surface area contributed by atoms with E-state index in [4.69, 9.17) is 0 Å². The molecule has 4 heterocycles. The zero-order chi connectivity index (χ0) is 24.7. The second-order valence-electron chi connectivity index (χ2n) is 9.72. The Morgan fingerprint density at radius 3 is 2.11 bits per heavy atom. The Morgan fingerprint density at radius 2 is 1.38 bits per heavy atom. The van der Waals surface area contributed by atoms with Crippen molar-refractivity contribution < 1.29 is 4.57 Å². The molecular weight excluding hydrogens is 535 g/mol. The van der Waals surface area contributed by atoms with Gasteiger partial charge >= 0.3 is 225 Å². The molecule has 2 nitrogen and oxygen atoms in total. The van der Waals surface area contributed by atoms with E-state index in [0.29, 0.717) is 14.5 Å². The van der Waals surface area contributed by atoms with E-state index in [0.717, 1.165) is 0 Å². The van der Waals surface area contributed by atoms with Crippen LogP contribution in [0.2, 0.25) is 0 Å². The summed E-state index contributed by atoms with van der Waals surface area (Å²) in [5, 5.41) is 6.75. The average molecular weight is 559 g/mol. The molecule has 0 aliphatic rings. The van der Waals surface area contributed by atoms with Gasteiger partial charge in [-0.2, -0.15) is 0 Å². The van der Waals surface area contributed by atoms with Crippen LogP contribution >= 0.6 is 11.3 Å². The number of nitrogens with zero attached hydrogens (tertiary/aromatic N) is 2. The molecule has 0 radical (unpaired) electrons. The van der Waals surface area contributed by atoms with Crippen LogP contribution in [0.5, 0.6) is 0 Å². The topological polar surface area (TPSA) is 8.81 Å². The Labute approximate surface area is 224 Å². The maximum atomic E-state index is 2.43. The molecular formula is C33H23N2SSe+. The number of aryl methyl sites for hydroxylation is 2. The number of hydrogen-bond donors (Lipinski definition) is 0. The van der Waals surface area contributed by atoms with Crippen LogP contribution in [0.15, 0.2) is 103 Å². The number of para-hydroxylation sites is 2. The van der Waals surface area contributed by atoms with Gasteiger partial charge in [-0.3, -0.25) is 0 Å².